The van der Waals surface area contributed by atoms with E-state index < -0.39 is 29.7 Å². The fourth-order valence-corrected chi connectivity index (χ4v) is 1.60. The monoisotopic (exact) mass is 229 g/mol. The Morgan fingerprint density at radius 3 is 2.94 bits per heavy atom. The maximum atomic E-state index is 11.3. The summed E-state index contributed by atoms with van der Waals surface area (Å²) in [6.45, 7) is -0.338. The van der Waals surface area contributed by atoms with Crippen molar-refractivity contribution in [3.05, 3.63) is 27.0 Å². The first-order valence-corrected chi connectivity index (χ1v) is 4.74. The molecule has 0 bridgehead atoms. The number of ether oxygens (including phenoxy) is 1. The highest BCUT2D eigenvalue weighted by molar-refractivity contribution is 4.81. The minimum absolute atomic E-state index is 0.143. The van der Waals surface area contributed by atoms with Crippen LogP contribution in [0.5, 0.6) is 0 Å². The fraction of sp³-hybridized carbons (Fsp3) is 0.625. The first kappa shape index (κ1) is 11.0. The molecule has 2 heterocycles. The number of aromatic amines is 1. The van der Waals surface area contributed by atoms with Crippen LogP contribution in [0.1, 0.15) is 12.6 Å². The fourth-order valence-electron chi connectivity index (χ4n) is 1.60. The van der Waals surface area contributed by atoms with Crippen LogP contribution in [-0.2, 0) is 4.74 Å². The van der Waals surface area contributed by atoms with E-state index in [-0.39, 0.29) is 13.0 Å². The summed E-state index contributed by atoms with van der Waals surface area (Å²) in [6.07, 6.45) is -1.26. The van der Waals surface area contributed by atoms with Gasteiger partial charge in [-0.2, -0.15) is 9.78 Å². The predicted octanol–water partition coefficient (Wildman–Crippen LogP) is -2.43. The van der Waals surface area contributed by atoms with Crippen molar-refractivity contribution in [3.8, 4) is 0 Å². The molecule has 0 amide bonds. The predicted molar refractivity (Wildman–Crippen MR) is 50.7 cm³/mol. The van der Waals surface area contributed by atoms with Crippen LogP contribution in [-0.4, -0.2) is 43.8 Å². The van der Waals surface area contributed by atoms with Gasteiger partial charge in [0.1, 0.15) is 12.3 Å². The molecule has 0 saturated carbocycles. The smallest absolute Gasteiger partial charge is 0.347 e. The molecule has 1 aliphatic rings. The van der Waals surface area contributed by atoms with Crippen molar-refractivity contribution in [2.24, 2.45) is 0 Å². The molecule has 8 nitrogen and oxygen atoms in total. The van der Waals surface area contributed by atoms with E-state index in [4.69, 9.17) is 9.84 Å². The highest BCUT2D eigenvalue weighted by Crippen LogP contribution is 2.26. The van der Waals surface area contributed by atoms with Crippen LogP contribution in [0.2, 0.25) is 0 Å². The lowest BCUT2D eigenvalue weighted by Crippen LogP contribution is -2.34. The molecule has 1 aliphatic heterocycles. The van der Waals surface area contributed by atoms with Crippen molar-refractivity contribution >= 4 is 0 Å². The number of aliphatic hydroxyl groups excluding tert-OH is 2. The van der Waals surface area contributed by atoms with Crippen LogP contribution in [0.4, 0.5) is 0 Å². The minimum Gasteiger partial charge on any atom is -0.394 e. The number of hydrogen-bond acceptors (Lipinski definition) is 6. The zero-order valence-corrected chi connectivity index (χ0v) is 8.24. The molecule has 8 heteroatoms. The number of aliphatic hydroxyl groups is 2. The van der Waals surface area contributed by atoms with Crippen LogP contribution >= 0.6 is 0 Å². The molecule has 1 fully saturated rings. The Morgan fingerprint density at radius 1 is 1.62 bits per heavy atom. The zero-order chi connectivity index (χ0) is 11.7. The van der Waals surface area contributed by atoms with Crippen molar-refractivity contribution < 1.29 is 14.9 Å². The number of nitrogens with zero attached hydrogens (tertiary/aromatic N) is 2. The Morgan fingerprint density at radius 2 is 2.38 bits per heavy atom. The maximum Gasteiger partial charge on any atom is 0.347 e. The Balaban J connectivity index is 2.27. The lowest BCUT2D eigenvalue weighted by atomic mass is 10.2. The summed E-state index contributed by atoms with van der Waals surface area (Å²) in [4.78, 5) is 24.2. The van der Waals surface area contributed by atoms with Crippen molar-refractivity contribution in [2.75, 3.05) is 6.61 Å². The molecule has 1 aromatic heterocycles. The summed E-state index contributed by atoms with van der Waals surface area (Å²) in [5.74, 6) is 0. The van der Waals surface area contributed by atoms with E-state index in [0.29, 0.717) is 0 Å². The lowest BCUT2D eigenvalue weighted by molar-refractivity contribution is -0.0506. The van der Waals surface area contributed by atoms with Crippen LogP contribution in [0.3, 0.4) is 0 Å². The summed E-state index contributed by atoms with van der Waals surface area (Å²) in [6, 6.07) is 0. The van der Waals surface area contributed by atoms with Crippen molar-refractivity contribution in [1.82, 2.24) is 14.8 Å². The molecule has 3 atom stereocenters. The molecule has 0 unspecified atom stereocenters. The first-order chi connectivity index (χ1) is 7.61. The van der Waals surface area contributed by atoms with E-state index >= 15 is 0 Å². The quantitative estimate of drug-likeness (QED) is 0.519. The topological polar surface area (TPSA) is 117 Å². The van der Waals surface area contributed by atoms with E-state index in [1.54, 1.807) is 0 Å². The third-order valence-electron chi connectivity index (χ3n) is 2.39. The van der Waals surface area contributed by atoms with E-state index in [2.05, 4.69) is 5.10 Å². The second kappa shape index (κ2) is 4.16. The van der Waals surface area contributed by atoms with Gasteiger partial charge in [-0.1, -0.05) is 0 Å². The van der Waals surface area contributed by atoms with Crippen LogP contribution < -0.4 is 11.2 Å². The number of H-pyrrole nitrogens is 1. The molecule has 0 spiro atoms. The first-order valence-electron chi connectivity index (χ1n) is 4.74. The van der Waals surface area contributed by atoms with Gasteiger partial charge < -0.3 is 14.9 Å². The highest BCUT2D eigenvalue weighted by Gasteiger charge is 2.35. The summed E-state index contributed by atoms with van der Waals surface area (Å²) in [5.41, 5.74) is -1.30. The number of rotatable bonds is 2. The third-order valence-corrected chi connectivity index (χ3v) is 2.39. The van der Waals surface area contributed by atoms with Crippen LogP contribution in [0.25, 0.3) is 0 Å². The zero-order valence-electron chi connectivity index (χ0n) is 8.24. The van der Waals surface area contributed by atoms with Crippen molar-refractivity contribution in [1.29, 1.82) is 0 Å². The van der Waals surface area contributed by atoms with E-state index in [1.807, 2.05) is 4.98 Å². The molecule has 1 aromatic rings. The van der Waals surface area contributed by atoms with E-state index in [1.165, 1.54) is 0 Å². The Labute approximate surface area is 89.1 Å². The summed E-state index contributed by atoms with van der Waals surface area (Å²) in [5, 5.41) is 21.9. The van der Waals surface area contributed by atoms with Gasteiger partial charge in [0.25, 0.3) is 5.56 Å². The standard InChI is InChI=1S/C8H11N3O5/c12-3-5-4(13)1-7(16-5)11-8(15)10-6(14)2-9-11/h2,4-5,7,12-13H,1,3H2,(H,10,14,15)/t4-,5+,7-/m0/s1. The molecular weight excluding hydrogens is 218 g/mol. The number of hydrogen-bond donors (Lipinski definition) is 3. The second-order valence-corrected chi connectivity index (χ2v) is 3.50. The van der Waals surface area contributed by atoms with Gasteiger partial charge >= 0.3 is 5.69 Å². The molecule has 1 saturated heterocycles. The molecule has 2 rings (SSSR count). The van der Waals surface area contributed by atoms with Crippen molar-refractivity contribution in [3.63, 3.8) is 0 Å². The molecule has 16 heavy (non-hydrogen) atoms. The Bertz CT molecular complexity index is 481. The molecule has 0 aromatic carbocycles. The van der Waals surface area contributed by atoms with Crippen LogP contribution in [0.15, 0.2) is 15.8 Å². The van der Waals surface area contributed by atoms with Gasteiger partial charge in [0.2, 0.25) is 0 Å². The van der Waals surface area contributed by atoms with Gasteiger partial charge in [0.05, 0.1) is 12.7 Å². The lowest BCUT2D eigenvalue weighted by Gasteiger charge is -2.12. The largest absolute Gasteiger partial charge is 0.394 e. The minimum atomic E-state index is -0.851. The Kier molecular flexibility index (Phi) is 2.86. The average molecular weight is 229 g/mol. The molecule has 0 aliphatic carbocycles. The van der Waals surface area contributed by atoms with Gasteiger partial charge in [-0.15, -0.1) is 0 Å². The average Bonchev–Trinajstić information content (AvgIpc) is 2.59. The molecule has 3 N–H and O–H groups in total. The summed E-state index contributed by atoms with van der Waals surface area (Å²) in [7, 11) is 0. The van der Waals surface area contributed by atoms with Crippen molar-refractivity contribution in [2.45, 2.75) is 24.9 Å². The molecule has 88 valence electrons. The summed E-state index contributed by atoms with van der Waals surface area (Å²) < 4.78 is 6.14. The highest BCUT2D eigenvalue weighted by atomic mass is 16.5. The van der Waals surface area contributed by atoms with Gasteiger partial charge in [-0.25, -0.2) is 4.79 Å². The van der Waals surface area contributed by atoms with E-state index in [9.17, 15) is 14.7 Å². The van der Waals surface area contributed by atoms with Crippen LogP contribution in [0, 0.1) is 0 Å². The maximum absolute atomic E-state index is 11.3. The third kappa shape index (κ3) is 1.90. The Hall–Kier alpha value is -1.51. The second-order valence-electron chi connectivity index (χ2n) is 3.50. The normalized spacial score (nSPS) is 29.5. The summed E-state index contributed by atoms with van der Waals surface area (Å²) >= 11 is 0. The van der Waals surface area contributed by atoms with Gasteiger partial charge in [-0.05, 0) is 0 Å². The number of nitrogens with one attached hydrogen (secondary N) is 1. The van der Waals surface area contributed by atoms with E-state index in [0.717, 1.165) is 10.9 Å². The molecule has 0 radical (unpaired) electrons. The van der Waals surface area contributed by atoms with Gasteiger partial charge in [0, 0.05) is 6.42 Å². The molecular formula is C8H11N3O5. The SMILES string of the molecule is O=c1cnn([C@@H]2C[C@H](O)[C@@H](CO)O2)c(=O)[nH]1. The number of aromatic nitrogens is 3. The van der Waals surface area contributed by atoms with Gasteiger partial charge in [-0.3, -0.25) is 9.78 Å². The van der Waals surface area contributed by atoms with Gasteiger partial charge in [0.15, 0.2) is 6.23 Å².